The Morgan fingerprint density at radius 2 is 1.08 bits per heavy atom. The molecule has 0 amide bonds. The zero-order chi connectivity index (χ0) is 19.6. The summed E-state index contributed by atoms with van der Waals surface area (Å²) in [6, 6.07) is 0. The minimum Gasteiger partial charge on any atom is -0.392 e. The molecule has 0 fully saturated rings. The van der Waals surface area contributed by atoms with Gasteiger partial charge in [-0.2, -0.15) is 0 Å². The highest BCUT2D eigenvalue weighted by atomic mass is 16.3. The van der Waals surface area contributed by atoms with Crippen LogP contribution < -0.4 is 0 Å². The number of rotatable bonds is 0. The first-order valence-corrected chi connectivity index (χ1v) is 9.62. The van der Waals surface area contributed by atoms with Gasteiger partial charge in [0.2, 0.25) is 0 Å². The molecule has 0 aliphatic heterocycles. The van der Waals surface area contributed by atoms with Crippen molar-refractivity contribution in [2.24, 2.45) is 32.5 Å². The quantitative estimate of drug-likeness (QED) is 0.479. The fourth-order valence-electron chi connectivity index (χ4n) is 6.30. The van der Waals surface area contributed by atoms with E-state index in [2.05, 4.69) is 96.1 Å². The normalized spacial score (nSPS) is 25.4. The molecule has 1 aliphatic rings. The van der Waals surface area contributed by atoms with E-state index >= 15 is 0 Å². The maximum atomic E-state index is 12.1. The molecule has 1 aliphatic carbocycles. The Kier molecular flexibility index (Phi) is 5.07. The van der Waals surface area contributed by atoms with Gasteiger partial charge >= 0.3 is 0 Å². The highest BCUT2D eigenvalue weighted by molar-refractivity contribution is 5.29. The summed E-state index contributed by atoms with van der Waals surface area (Å²) in [6.45, 7) is 30.0. The molecule has 0 saturated heterocycles. The highest BCUT2D eigenvalue weighted by Gasteiger charge is 2.67. The second-order valence-electron chi connectivity index (χ2n) is 12.4. The van der Waals surface area contributed by atoms with Gasteiger partial charge in [0, 0.05) is 10.8 Å². The van der Waals surface area contributed by atoms with Crippen molar-refractivity contribution in [1.29, 1.82) is 0 Å². The van der Waals surface area contributed by atoms with Gasteiger partial charge in [0.25, 0.3) is 0 Å². The third kappa shape index (κ3) is 2.79. The minimum atomic E-state index is -0.395. The molecule has 1 rings (SSSR count). The molecule has 1 nitrogen and oxygen atoms in total. The van der Waals surface area contributed by atoms with Crippen molar-refractivity contribution < 1.29 is 5.11 Å². The van der Waals surface area contributed by atoms with E-state index in [1.54, 1.807) is 0 Å². The maximum Gasteiger partial charge on any atom is 0.0710 e. The van der Waals surface area contributed by atoms with E-state index in [-0.39, 0.29) is 32.5 Å². The van der Waals surface area contributed by atoms with Crippen LogP contribution in [-0.2, 0) is 0 Å². The molecule has 0 aromatic carbocycles. The van der Waals surface area contributed by atoms with Crippen LogP contribution in [0.2, 0.25) is 0 Å². The Labute approximate surface area is 152 Å². The van der Waals surface area contributed by atoms with E-state index < -0.39 is 6.10 Å². The van der Waals surface area contributed by atoms with Gasteiger partial charge in [-0.3, -0.25) is 0 Å². The van der Waals surface area contributed by atoms with Crippen LogP contribution in [0.3, 0.4) is 0 Å². The summed E-state index contributed by atoms with van der Waals surface area (Å²) in [6.07, 6.45) is 3.00. The second kappa shape index (κ2) is 5.60. The fourth-order valence-corrected chi connectivity index (χ4v) is 6.30. The van der Waals surface area contributed by atoms with E-state index in [0.29, 0.717) is 0 Å². The Bertz CT molecular complexity index is 466. The van der Waals surface area contributed by atoms with Crippen molar-refractivity contribution >= 4 is 0 Å². The number of aliphatic hydroxyl groups excluding tert-OH is 1. The number of aliphatic hydroxyl groups is 1. The van der Waals surface area contributed by atoms with Crippen LogP contribution in [0.1, 0.15) is 96.4 Å². The molecule has 1 N–H and O–H groups in total. The molecule has 0 spiro atoms. The lowest BCUT2D eigenvalue weighted by atomic mass is 9.37. The van der Waals surface area contributed by atoms with Gasteiger partial charge in [0.1, 0.15) is 0 Å². The number of allylic oxidation sites excluding steroid dienone is 1. The first-order chi connectivity index (χ1) is 10.3. The topological polar surface area (TPSA) is 20.2 Å². The van der Waals surface area contributed by atoms with Gasteiger partial charge in [-0.15, -0.1) is 0 Å². The molecular weight excluding hydrogens is 292 g/mol. The third-order valence-corrected chi connectivity index (χ3v) is 7.09. The monoisotopic (exact) mass is 336 g/mol. The minimum absolute atomic E-state index is 0.00192. The van der Waals surface area contributed by atoms with Crippen LogP contribution in [0.4, 0.5) is 0 Å². The smallest absolute Gasteiger partial charge is 0.0710 e. The van der Waals surface area contributed by atoms with E-state index in [0.717, 1.165) is 6.42 Å². The van der Waals surface area contributed by atoms with E-state index in [4.69, 9.17) is 0 Å². The van der Waals surface area contributed by atoms with Crippen LogP contribution >= 0.6 is 0 Å². The summed E-state index contributed by atoms with van der Waals surface area (Å²) >= 11 is 0. The lowest BCUT2D eigenvalue weighted by molar-refractivity contribution is -0.223. The Hall–Kier alpha value is -0.300. The highest BCUT2D eigenvalue weighted by Crippen LogP contribution is 2.69. The lowest BCUT2D eigenvalue weighted by Gasteiger charge is -2.68. The van der Waals surface area contributed by atoms with Gasteiger partial charge in [-0.1, -0.05) is 94.7 Å². The Morgan fingerprint density at radius 3 is 1.33 bits per heavy atom. The van der Waals surface area contributed by atoms with Gasteiger partial charge in [0.05, 0.1) is 6.10 Å². The molecule has 1 heteroatoms. The first-order valence-electron chi connectivity index (χ1n) is 9.62. The first kappa shape index (κ1) is 21.7. The van der Waals surface area contributed by atoms with E-state index in [1.165, 1.54) is 5.57 Å². The molecule has 0 bridgehead atoms. The molecule has 0 saturated carbocycles. The zero-order valence-electron chi connectivity index (χ0n) is 18.8. The summed E-state index contributed by atoms with van der Waals surface area (Å²) in [5.74, 6) is 0. The van der Waals surface area contributed by atoms with Crippen molar-refractivity contribution in [1.82, 2.24) is 0 Å². The predicted molar refractivity (Wildman–Crippen MR) is 107 cm³/mol. The van der Waals surface area contributed by atoms with Crippen LogP contribution in [0.25, 0.3) is 0 Å². The van der Waals surface area contributed by atoms with Crippen molar-refractivity contribution in [3.63, 3.8) is 0 Å². The maximum absolute atomic E-state index is 12.1. The molecule has 24 heavy (non-hydrogen) atoms. The van der Waals surface area contributed by atoms with Gasteiger partial charge in [0.15, 0.2) is 0 Å². The van der Waals surface area contributed by atoms with Crippen LogP contribution in [0.5, 0.6) is 0 Å². The average molecular weight is 337 g/mol. The van der Waals surface area contributed by atoms with Crippen LogP contribution in [0.15, 0.2) is 11.6 Å². The van der Waals surface area contributed by atoms with E-state index in [1.807, 2.05) is 0 Å². The van der Waals surface area contributed by atoms with Crippen molar-refractivity contribution in [2.75, 3.05) is 0 Å². The molecule has 0 heterocycles. The van der Waals surface area contributed by atoms with Crippen molar-refractivity contribution in [3.8, 4) is 0 Å². The molecule has 0 radical (unpaired) electrons. The van der Waals surface area contributed by atoms with Crippen LogP contribution in [-0.4, -0.2) is 11.2 Å². The standard InChI is InChI=1S/C23H44O/c1-16-14-22(18(2,3)4,19(5,6)7)17(24)23(15-16,20(8,9)10)21(11,12)13/h14,17,24H,15H2,1-13H3. The number of hydrogen-bond donors (Lipinski definition) is 1. The largest absolute Gasteiger partial charge is 0.392 e. The van der Waals surface area contributed by atoms with Crippen molar-refractivity contribution in [3.05, 3.63) is 11.6 Å². The van der Waals surface area contributed by atoms with Gasteiger partial charge in [-0.05, 0) is 35.0 Å². The summed E-state index contributed by atoms with van der Waals surface area (Å²) in [7, 11) is 0. The molecule has 0 aromatic rings. The third-order valence-electron chi connectivity index (χ3n) is 7.09. The SMILES string of the molecule is CC1=CC(C(C)(C)C)(C(C)(C)C)C(O)C(C(C)(C)C)(C(C)(C)C)C1. The molecule has 142 valence electrons. The Morgan fingerprint density at radius 1 is 0.750 bits per heavy atom. The molecule has 0 aromatic heterocycles. The summed E-state index contributed by atoms with van der Waals surface area (Å²) < 4.78 is 0. The van der Waals surface area contributed by atoms with Gasteiger partial charge in [-0.25, -0.2) is 0 Å². The summed E-state index contributed by atoms with van der Waals surface area (Å²) in [5.41, 5.74) is 0.906. The summed E-state index contributed by atoms with van der Waals surface area (Å²) in [4.78, 5) is 0. The summed E-state index contributed by atoms with van der Waals surface area (Å²) in [5, 5.41) is 12.1. The fraction of sp³-hybridized carbons (Fsp3) is 0.913. The molecular formula is C23H44O. The van der Waals surface area contributed by atoms with E-state index in [9.17, 15) is 5.11 Å². The zero-order valence-corrected chi connectivity index (χ0v) is 18.8. The average Bonchev–Trinajstić information content (AvgIpc) is 2.24. The van der Waals surface area contributed by atoms with Crippen molar-refractivity contribution in [2.45, 2.75) is 103 Å². The second-order valence-corrected chi connectivity index (χ2v) is 12.4. The van der Waals surface area contributed by atoms with Crippen LogP contribution in [0, 0.1) is 32.5 Å². The lowest BCUT2D eigenvalue weighted by Crippen LogP contribution is -2.67. The van der Waals surface area contributed by atoms with Gasteiger partial charge < -0.3 is 5.11 Å². The molecule has 1 unspecified atom stereocenters. The Balaban J connectivity index is 3.96. The number of hydrogen-bond acceptors (Lipinski definition) is 1. The molecule has 1 atom stereocenters. The predicted octanol–water partition coefficient (Wildman–Crippen LogP) is 6.85.